The van der Waals surface area contributed by atoms with Gasteiger partial charge in [-0.3, -0.25) is 0 Å². The number of nitrogens with two attached hydrogens (primary N) is 1. The quantitative estimate of drug-likeness (QED) is 0.866. The summed E-state index contributed by atoms with van der Waals surface area (Å²) < 4.78 is 26.5. The van der Waals surface area contributed by atoms with Gasteiger partial charge >= 0.3 is 0 Å². The smallest absolute Gasteiger partial charge is 0.127 e. The first kappa shape index (κ1) is 11.7. The number of benzene rings is 2. The summed E-state index contributed by atoms with van der Waals surface area (Å²) in [5.41, 5.74) is 7.05. The fourth-order valence-corrected chi connectivity index (χ4v) is 1.90. The standard InChI is InChI=1S/C14H13F2N/c15-11-7-5-10(6-8-11)13(9-17)12-3-1-2-4-14(12)16/h1-8,13H,9,17H2. The number of hydrogen-bond acceptors (Lipinski definition) is 1. The maximum Gasteiger partial charge on any atom is 0.127 e. The van der Waals surface area contributed by atoms with E-state index in [4.69, 9.17) is 5.73 Å². The van der Waals surface area contributed by atoms with Crippen LogP contribution in [0.15, 0.2) is 48.5 Å². The molecule has 0 saturated heterocycles. The van der Waals surface area contributed by atoms with E-state index in [1.807, 2.05) is 0 Å². The third kappa shape index (κ3) is 2.50. The van der Waals surface area contributed by atoms with Gasteiger partial charge in [-0.25, -0.2) is 8.78 Å². The van der Waals surface area contributed by atoms with Crippen LogP contribution < -0.4 is 5.73 Å². The molecule has 0 spiro atoms. The van der Waals surface area contributed by atoms with Crippen molar-refractivity contribution in [1.82, 2.24) is 0 Å². The maximum atomic E-state index is 13.7. The summed E-state index contributed by atoms with van der Waals surface area (Å²) in [4.78, 5) is 0. The summed E-state index contributed by atoms with van der Waals surface area (Å²) in [6.45, 7) is 0.284. The van der Waals surface area contributed by atoms with Crippen LogP contribution in [0, 0.1) is 11.6 Å². The average molecular weight is 233 g/mol. The molecule has 2 aromatic rings. The molecule has 1 atom stereocenters. The van der Waals surface area contributed by atoms with Gasteiger partial charge in [-0.05, 0) is 29.3 Å². The Bertz CT molecular complexity index is 494. The molecule has 0 saturated carbocycles. The van der Waals surface area contributed by atoms with Crippen molar-refractivity contribution in [1.29, 1.82) is 0 Å². The highest BCUT2D eigenvalue weighted by atomic mass is 19.1. The fourth-order valence-electron chi connectivity index (χ4n) is 1.90. The first-order valence-corrected chi connectivity index (χ1v) is 5.42. The van der Waals surface area contributed by atoms with Crippen molar-refractivity contribution in [3.63, 3.8) is 0 Å². The van der Waals surface area contributed by atoms with Crippen LogP contribution in [0.5, 0.6) is 0 Å². The van der Waals surface area contributed by atoms with Crippen molar-refractivity contribution in [3.05, 3.63) is 71.3 Å². The molecule has 2 N–H and O–H groups in total. The lowest BCUT2D eigenvalue weighted by atomic mass is 9.91. The van der Waals surface area contributed by atoms with Crippen LogP contribution in [0.1, 0.15) is 17.0 Å². The highest BCUT2D eigenvalue weighted by molar-refractivity contribution is 5.33. The highest BCUT2D eigenvalue weighted by Crippen LogP contribution is 2.25. The van der Waals surface area contributed by atoms with E-state index < -0.39 is 0 Å². The molecule has 0 aliphatic rings. The van der Waals surface area contributed by atoms with Crippen LogP contribution in [-0.4, -0.2) is 6.54 Å². The largest absolute Gasteiger partial charge is 0.330 e. The normalized spacial score (nSPS) is 12.4. The van der Waals surface area contributed by atoms with Gasteiger partial charge in [-0.15, -0.1) is 0 Å². The minimum absolute atomic E-state index is 0.239. The van der Waals surface area contributed by atoms with Crippen LogP contribution in [0.3, 0.4) is 0 Å². The summed E-state index contributed by atoms with van der Waals surface area (Å²) in [5.74, 6) is -0.831. The molecule has 3 heteroatoms. The van der Waals surface area contributed by atoms with Gasteiger partial charge in [0.15, 0.2) is 0 Å². The van der Waals surface area contributed by atoms with Crippen LogP contribution in [0.2, 0.25) is 0 Å². The summed E-state index contributed by atoms with van der Waals surface area (Å²) in [6, 6.07) is 12.5. The van der Waals surface area contributed by atoms with Crippen molar-refractivity contribution >= 4 is 0 Å². The van der Waals surface area contributed by atoms with E-state index in [2.05, 4.69) is 0 Å². The molecule has 2 rings (SSSR count). The summed E-state index contributed by atoms with van der Waals surface area (Å²) in [5, 5.41) is 0. The van der Waals surface area contributed by atoms with Crippen molar-refractivity contribution in [2.75, 3.05) is 6.54 Å². The lowest BCUT2D eigenvalue weighted by Gasteiger charge is -2.16. The van der Waals surface area contributed by atoms with Crippen molar-refractivity contribution in [3.8, 4) is 0 Å². The van der Waals surface area contributed by atoms with E-state index in [1.165, 1.54) is 18.2 Å². The molecule has 0 aromatic heterocycles. The monoisotopic (exact) mass is 233 g/mol. The topological polar surface area (TPSA) is 26.0 Å². The molecule has 1 nitrogen and oxygen atoms in total. The molecule has 0 aliphatic heterocycles. The van der Waals surface area contributed by atoms with E-state index in [0.717, 1.165) is 5.56 Å². The number of hydrogen-bond donors (Lipinski definition) is 1. The zero-order chi connectivity index (χ0) is 12.3. The zero-order valence-corrected chi connectivity index (χ0v) is 9.24. The van der Waals surface area contributed by atoms with Crippen LogP contribution in [0.25, 0.3) is 0 Å². The Balaban J connectivity index is 2.40. The molecule has 0 fully saturated rings. The Morgan fingerprint density at radius 1 is 0.941 bits per heavy atom. The van der Waals surface area contributed by atoms with Gasteiger partial charge in [0.1, 0.15) is 11.6 Å². The SMILES string of the molecule is NCC(c1ccc(F)cc1)c1ccccc1F. The van der Waals surface area contributed by atoms with Crippen LogP contribution >= 0.6 is 0 Å². The lowest BCUT2D eigenvalue weighted by molar-refractivity contribution is 0.596. The zero-order valence-electron chi connectivity index (χ0n) is 9.24. The molecule has 1 unspecified atom stereocenters. The van der Waals surface area contributed by atoms with E-state index in [0.29, 0.717) is 5.56 Å². The van der Waals surface area contributed by atoms with Gasteiger partial charge in [0.2, 0.25) is 0 Å². The predicted molar refractivity (Wildman–Crippen MR) is 63.7 cm³/mol. The summed E-state index contributed by atoms with van der Waals surface area (Å²) in [6.07, 6.45) is 0. The average Bonchev–Trinajstić information content (AvgIpc) is 2.35. The minimum atomic E-state index is -0.307. The number of halogens is 2. The van der Waals surface area contributed by atoms with E-state index in [1.54, 1.807) is 30.3 Å². The van der Waals surface area contributed by atoms with Gasteiger partial charge in [0.05, 0.1) is 0 Å². The van der Waals surface area contributed by atoms with Gasteiger partial charge in [-0.2, -0.15) is 0 Å². The Morgan fingerprint density at radius 3 is 2.18 bits per heavy atom. The Morgan fingerprint density at radius 2 is 1.59 bits per heavy atom. The van der Waals surface area contributed by atoms with Gasteiger partial charge in [0.25, 0.3) is 0 Å². The minimum Gasteiger partial charge on any atom is -0.330 e. The molecule has 0 bridgehead atoms. The first-order valence-electron chi connectivity index (χ1n) is 5.42. The molecule has 0 amide bonds. The van der Waals surface area contributed by atoms with E-state index >= 15 is 0 Å². The van der Waals surface area contributed by atoms with Crippen molar-refractivity contribution in [2.45, 2.75) is 5.92 Å². The van der Waals surface area contributed by atoms with E-state index in [-0.39, 0.29) is 24.1 Å². The molecular weight excluding hydrogens is 220 g/mol. The molecule has 0 aliphatic carbocycles. The first-order chi connectivity index (χ1) is 8.22. The molecule has 2 aromatic carbocycles. The second-order valence-corrected chi connectivity index (χ2v) is 3.86. The van der Waals surface area contributed by atoms with Crippen molar-refractivity contribution < 1.29 is 8.78 Å². The molecule has 0 radical (unpaired) electrons. The maximum absolute atomic E-state index is 13.7. The Kier molecular flexibility index (Phi) is 3.49. The predicted octanol–water partition coefficient (Wildman–Crippen LogP) is 3.06. The molecule has 17 heavy (non-hydrogen) atoms. The second kappa shape index (κ2) is 5.06. The summed E-state index contributed by atoms with van der Waals surface area (Å²) in [7, 11) is 0. The molecular formula is C14H13F2N. The third-order valence-corrected chi connectivity index (χ3v) is 2.79. The lowest BCUT2D eigenvalue weighted by Crippen LogP contribution is -2.15. The number of rotatable bonds is 3. The van der Waals surface area contributed by atoms with Gasteiger partial charge in [0, 0.05) is 12.5 Å². The van der Waals surface area contributed by atoms with Crippen LogP contribution in [-0.2, 0) is 0 Å². The Hall–Kier alpha value is -1.74. The highest BCUT2D eigenvalue weighted by Gasteiger charge is 2.15. The molecule has 88 valence electrons. The molecule has 0 heterocycles. The Labute approximate surface area is 98.9 Å². The van der Waals surface area contributed by atoms with Gasteiger partial charge < -0.3 is 5.73 Å². The third-order valence-electron chi connectivity index (χ3n) is 2.79. The fraction of sp³-hybridized carbons (Fsp3) is 0.143. The van der Waals surface area contributed by atoms with Crippen LogP contribution in [0.4, 0.5) is 8.78 Å². The second-order valence-electron chi connectivity index (χ2n) is 3.86. The van der Waals surface area contributed by atoms with Crippen molar-refractivity contribution in [2.24, 2.45) is 5.73 Å². The van der Waals surface area contributed by atoms with E-state index in [9.17, 15) is 8.78 Å². The summed E-state index contributed by atoms with van der Waals surface area (Å²) >= 11 is 0. The van der Waals surface area contributed by atoms with Gasteiger partial charge in [-0.1, -0.05) is 30.3 Å².